The molecule has 3 rings (SSSR count). The number of ether oxygens (including phenoxy) is 1. The molecule has 2 N–H and O–H groups in total. The van der Waals surface area contributed by atoms with Gasteiger partial charge in [0.15, 0.2) is 6.61 Å². The Balaban J connectivity index is 1.94. The number of para-hydroxylation sites is 1. The van der Waals surface area contributed by atoms with E-state index in [1.165, 1.54) is 30.3 Å². The fourth-order valence-corrected chi connectivity index (χ4v) is 2.74. The van der Waals surface area contributed by atoms with Crippen LogP contribution in [0.5, 0.6) is 5.75 Å². The summed E-state index contributed by atoms with van der Waals surface area (Å²) < 4.78 is 5.08. The average molecular weight is 401 g/mol. The molecule has 8 nitrogen and oxygen atoms in total. The number of carbonyl (C=O) groups is 4. The summed E-state index contributed by atoms with van der Waals surface area (Å²) in [6.07, 6.45) is 1.28. The third kappa shape index (κ3) is 4.02. The lowest BCUT2D eigenvalue weighted by atomic mass is 10.1. The second kappa shape index (κ2) is 7.93. The minimum absolute atomic E-state index is 0.142. The highest BCUT2D eigenvalue weighted by molar-refractivity contribution is 6.42. The molecule has 1 aliphatic rings. The number of benzene rings is 2. The summed E-state index contributed by atoms with van der Waals surface area (Å²) in [5, 5.41) is 10.9. The number of halogens is 1. The quantitative estimate of drug-likeness (QED) is 0.588. The average Bonchev–Trinajstić information content (AvgIpc) is 2.65. The Labute approximate surface area is 164 Å². The van der Waals surface area contributed by atoms with E-state index in [4.69, 9.17) is 21.4 Å². The number of imide groups is 2. The van der Waals surface area contributed by atoms with Crippen molar-refractivity contribution in [3.05, 3.63) is 64.7 Å². The van der Waals surface area contributed by atoms with E-state index in [1.807, 2.05) is 0 Å². The van der Waals surface area contributed by atoms with Crippen LogP contribution in [0.2, 0.25) is 5.02 Å². The van der Waals surface area contributed by atoms with Gasteiger partial charge in [0, 0.05) is 0 Å². The van der Waals surface area contributed by atoms with E-state index < -0.39 is 30.4 Å². The normalized spacial score (nSPS) is 15.5. The first-order valence-electron chi connectivity index (χ1n) is 7.97. The van der Waals surface area contributed by atoms with Gasteiger partial charge in [-0.3, -0.25) is 14.9 Å². The van der Waals surface area contributed by atoms with Crippen molar-refractivity contribution in [3.8, 4) is 5.75 Å². The van der Waals surface area contributed by atoms with Gasteiger partial charge in [-0.2, -0.15) is 0 Å². The van der Waals surface area contributed by atoms with Crippen LogP contribution in [0, 0.1) is 0 Å². The van der Waals surface area contributed by atoms with Crippen molar-refractivity contribution in [2.24, 2.45) is 0 Å². The lowest BCUT2D eigenvalue weighted by Gasteiger charge is -2.27. The third-order valence-corrected chi connectivity index (χ3v) is 4.05. The Hall–Kier alpha value is -3.65. The molecule has 4 amide bonds. The predicted molar refractivity (Wildman–Crippen MR) is 100 cm³/mol. The molecule has 9 heteroatoms. The molecular weight excluding hydrogens is 388 g/mol. The van der Waals surface area contributed by atoms with Crippen molar-refractivity contribution in [1.82, 2.24) is 5.32 Å². The molecule has 1 aliphatic heterocycles. The monoisotopic (exact) mass is 400 g/mol. The minimum Gasteiger partial charge on any atom is -0.482 e. The smallest absolute Gasteiger partial charge is 0.341 e. The van der Waals surface area contributed by atoms with Crippen molar-refractivity contribution in [3.63, 3.8) is 0 Å². The van der Waals surface area contributed by atoms with Crippen LogP contribution in [0.25, 0.3) is 6.08 Å². The molecule has 1 saturated heterocycles. The Morgan fingerprint density at radius 1 is 1.14 bits per heavy atom. The van der Waals surface area contributed by atoms with Crippen LogP contribution < -0.4 is 15.0 Å². The van der Waals surface area contributed by atoms with E-state index in [9.17, 15) is 19.2 Å². The number of anilines is 1. The Morgan fingerprint density at radius 2 is 1.89 bits per heavy atom. The van der Waals surface area contributed by atoms with Gasteiger partial charge in [0.25, 0.3) is 11.8 Å². The number of hydrogen-bond acceptors (Lipinski definition) is 5. The molecule has 2 aromatic carbocycles. The van der Waals surface area contributed by atoms with Gasteiger partial charge >= 0.3 is 12.0 Å². The standard InChI is InChI=1S/C19H13ClN2O6/c20-14-6-1-2-7-15(14)22-18(26)13(17(25)21-19(22)27)9-11-4-3-5-12(8-11)28-10-16(23)24/h1-9H,10H2,(H,23,24)(H,21,25,27)/b13-9-. The Bertz CT molecular complexity index is 1020. The van der Waals surface area contributed by atoms with Crippen molar-refractivity contribution < 1.29 is 29.0 Å². The van der Waals surface area contributed by atoms with Crippen LogP contribution in [-0.2, 0) is 14.4 Å². The molecule has 0 bridgehead atoms. The van der Waals surface area contributed by atoms with E-state index in [0.29, 0.717) is 5.56 Å². The molecule has 0 aliphatic carbocycles. The number of barbiturate groups is 1. The summed E-state index contributed by atoms with van der Waals surface area (Å²) in [5.74, 6) is -2.58. The maximum absolute atomic E-state index is 12.8. The molecule has 1 heterocycles. The fourth-order valence-electron chi connectivity index (χ4n) is 2.52. The second-order valence-electron chi connectivity index (χ2n) is 5.66. The van der Waals surface area contributed by atoms with E-state index in [1.54, 1.807) is 24.3 Å². The second-order valence-corrected chi connectivity index (χ2v) is 6.07. The first-order valence-corrected chi connectivity index (χ1v) is 8.35. The van der Waals surface area contributed by atoms with Crippen molar-refractivity contribution in [2.75, 3.05) is 11.5 Å². The number of hydrogen-bond donors (Lipinski definition) is 2. The van der Waals surface area contributed by atoms with E-state index in [2.05, 4.69) is 5.32 Å². The summed E-state index contributed by atoms with van der Waals surface area (Å²) in [6, 6.07) is 11.5. The van der Waals surface area contributed by atoms with Gasteiger partial charge in [-0.15, -0.1) is 0 Å². The highest BCUT2D eigenvalue weighted by Gasteiger charge is 2.37. The molecule has 142 valence electrons. The number of amides is 4. The van der Waals surface area contributed by atoms with Crippen LogP contribution >= 0.6 is 11.6 Å². The van der Waals surface area contributed by atoms with Crippen molar-refractivity contribution in [1.29, 1.82) is 0 Å². The molecule has 1 fully saturated rings. The van der Waals surface area contributed by atoms with Crippen LogP contribution in [0.15, 0.2) is 54.1 Å². The number of carboxylic acid groups (broad SMARTS) is 1. The number of nitrogens with one attached hydrogen (secondary N) is 1. The molecule has 0 unspecified atom stereocenters. The molecule has 0 spiro atoms. The summed E-state index contributed by atoms with van der Waals surface area (Å²) in [4.78, 5) is 48.6. The van der Waals surface area contributed by atoms with Crippen molar-refractivity contribution >= 4 is 47.2 Å². The summed E-state index contributed by atoms with van der Waals surface area (Å²) >= 11 is 6.07. The highest BCUT2D eigenvalue weighted by atomic mass is 35.5. The van der Waals surface area contributed by atoms with Gasteiger partial charge in [0.2, 0.25) is 0 Å². The predicted octanol–water partition coefficient (Wildman–Crippen LogP) is 2.47. The van der Waals surface area contributed by atoms with Gasteiger partial charge in [0.05, 0.1) is 10.7 Å². The SMILES string of the molecule is O=C(O)COc1cccc(/C=C2/C(=O)NC(=O)N(c3ccccc3Cl)C2=O)c1. The maximum Gasteiger partial charge on any atom is 0.341 e. The van der Waals surface area contributed by atoms with E-state index in [-0.39, 0.29) is 22.0 Å². The number of urea groups is 1. The van der Waals surface area contributed by atoms with Gasteiger partial charge < -0.3 is 9.84 Å². The van der Waals surface area contributed by atoms with Gasteiger partial charge in [-0.1, -0.05) is 35.9 Å². The van der Waals surface area contributed by atoms with Crippen molar-refractivity contribution in [2.45, 2.75) is 0 Å². The first-order chi connectivity index (χ1) is 13.4. The van der Waals surface area contributed by atoms with Gasteiger partial charge in [-0.25, -0.2) is 14.5 Å². The molecular formula is C19H13ClN2O6. The maximum atomic E-state index is 12.8. The minimum atomic E-state index is -1.14. The van der Waals surface area contributed by atoms with Gasteiger partial charge in [0.1, 0.15) is 11.3 Å². The topological polar surface area (TPSA) is 113 Å². The van der Waals surface area contributed by atoms with Crippen LogP contribution in [-0.4, -0.2) is 35.5 Å². The lowest BCUT2D eigenvalue weighted by molar-refractivity contribution is -0.139. The molecule has 0 aromatic heterocycles. The Kier molecular flexibility index (Phi) is 5.42. The largest absolute Gasteiger partial charge is 0.482 e. The number of nitrogens with zero attached hydrogens (tertiary/aromatic N) is 1. The molecule has 28 heavy (non-hydrogen) atoms. The van der Waals surface area contributed by atoms with Crippen LogP contribution in [0.3, 0.4) is 0 Å². The summed E-state index contributed by atoms with van der Waals surface area (Å²) in [5.41, 5.74) is 0.272. The summed E-state index contributed by atoms with van der Waals surface area (Å²) in [6.45, 7) is -0.534. The number of carboxylic acids is 1. The lowest BCUT2D eigenvalue weighted by Crippen LogP contribution is -2.54. The summed E-state index contributed by atoms with van der Waals surface area (Å²) in [7, 11) is 0. The zero-order chi connectivity index (χ0) is 20.3. The Morgan fingerprint density at radius 3 is 2.61 bits per heavy atom. The van der Waals surface area contributed by atoms with E-state index in [0.717, 1.165) is 4.90 Å². The van der Waals surface area contributed by atoms with E-state index >= 15 is 0 Å². The number of rotatable bonds is 5. The number of aliphatic carboxylic acids is 1. The highest BCUT2D eigenvalue weighted by Crippen LogP contribution is 2.29. The fraction of sp³-hybridized carbons (Fsp3) is 0.0526. The third-order valence-electron chi connectivity index (χ3n) is 3.73. The van der Waals surface area contributed by atoms with Gasteiger partial charge in [-0.05, 0) is 35.9 Å². The molecule has 0 saturated carbocycles. The number of carbonyl (C=O) groups excluding carboxylic acids is 3. The zero-order valence-electron chi connectivity index (χ0n) is 14.2. The zero-order valence-corrected chi connectivity index (χ0v) is 15.0. The molecule has 0 radical (unpaired) electrons. The molecule has 0 atom stereocenters. The van der Waals surface area contributed by atoms with Crippen LogP contribution in [0.1, 0.15) is 5.56 Å². The van der Waals surface area contributed by atoms with Crippen LogP contribution in [0.4, 0.5) is 10.5 Å². The molecule has 2 aromatic rings. The first kappa shape index (κ1) is 19.1.